The summed E-state index contributed by atoms with van der Waals surface area (Å²) in [6, 6.07) is 9.87. The van der Waals surface area contributed by atoms with E-state index in [9.17, 15) is 4.39 Å². The number of aliphatic imine (C=N–C) groups is 1. The van der Waals surface area contributed by atoms with E-state index in [1.165, 1.54) is 6.07 Å². The van der Waals surface area contributed by atoms with Crippen LogP contribution in [0.5, 0.6) is 23.0 Å². The minimum absolute atomic E-state index is 0.206. The number of hydrogen-bond donors (Lipinski definition) is 2. The lowest BCUT2D eigenvalue weighted by Crippen LogP contribution is -2.32. The second-order valence-corrected chi connectivity index (χ2v) is 6.12. The van der Waals surface area contributed by atoms with Gasteiger partial charge in [-0.2, -0.15) is 0 Å². The van der Waals surface area contributed by atoms with Crippen LogP contribution in [0.25, 0.3) is 0 Å². The van der Waals surface area contributed by atoms with Gasteiger partial charge in [-0.15, -0.1) is 0 Å². The van der Waals surface area contributed by atoms with Crippen LogP contribution in [-0.4, -0.2) is 46.5 Å². The quantitative estimate of drug-likeness (QED) is 0.490. The molecule has 0 aliphatic carbocycles. The lowest BCUT2D eigenvalue weighted by atomic mass is 10.2. The van der Waals surface area contributed by atoms with Crippen LogP contribution in [0.1, 0.15) is 13.8 Å². The van der Waals surface area contributed by atoms with Crippen molar-refractivity contribution in [3.8, 4) is 23.0 Å². The number of benzene rings is 2. The summed E-state index contributed by atoms with van der Waals surface area (Å²) in [5.74, 6) is 1.92. The summed E-state index contributed by atoms with van der Waals surface area (Å²) in [6.45, 7) is 4.79. The summed E-state index contributed by atoms with van der Waals surface area (Å²) in [4.78, 5) is 4.52. The average Bonchev–Trinajstić information content (AvgIpc) is 2.73. The Balaban J connectivity index is 2.13. The highest BCUT2D eigenvalue weighted by Gasteiger charge is 2.14. The number of methoxy groups -OCH3 is 3. The van der Waals surface area contributed by atoms with Gasteiger partial charge in [0.1, 0.15) is 6.10 Å². The van der Waals surface area contributed by atoms with Crippen molar-refractivity contribution in [3.63, 3.8) is 0 Å². The lowest BCUT2D eigenvalue weighted by molar-refractivity contribution is 0.220. The normalized spacial score (nSPS) is 12.1. The molecule has 0 spiro atoms. The van der Waals surface area contributed by atoms with E-state index in [-0.39, 0.29) is 11.9 Å². The molecule has 2 N–H and O–H groups in total. The summed E-state index contributed by atoms with van der Waals surface area (Å²) in [5.41, 5.74) is 0.710. The Hall–Kier alpha value is -3.16. The predicted octanol–water partition coefficient (Wildman–Crippen LogP) is 3.70. The van der Waals surface area contributed by atoms with Crippen LogP contribution < -0.4 is 29.6 Å². The van der Waals surface area contributed by atoms with Crippen molar-refractivity contribution < 1.29 is 23.3 Å². The molecule has 0 amide bonds. The van der Waals surface area contributed by atoms with Crippen molar-refractivity contribution >= 4 is 11.6 Å². The van der Waals surface area contributed by atoms with E-state index in [4.69, 9.17) is 18.9 Å². The summed E-state index contributed by atoms with van der Waals surface area (Å²) in [5, 5.41) is 6.37. The van der Waals surface area contributed by atoms with E-state index in [1.54, 1.807) is 51.7 Å². The molecule has 0 heterocycles. The van der Waals surface area contributed by atoms with Gasteiger partial charge in [0.05, 0.1) is 27.9 Å². The molecular weight excluding hydrogens is 377 g/mol. The molecule has 1 atom stereocenters. The van der Waals surface area contributed by atoms with Crippen molar-refractivity contribution in [2.75, 3.05) is 39.7 Å². The monoisotopic (exact) mass is 405 g/mol. The first-order valence-electron chi connectivity index (χ1n) is 9.28. The summed E-state index contributed by atoms with van der Waals surface area (Å²) in [7, 11) is 4.67. The number of nitrogens with zero attached hydrogens (tertiary/aromatic N) is 1. The van der Waals surface area contributed by atoms with Crippen molar-refractivity contribution in [1.29, 1.82) is 0 Å². The fraction of sp³-hybridized carbons (Fsp3) is 0.381. The molecule has 2 aromatic rings. The molecule has 0 saturated heterocycles. The third-order valence-electron chi connectivity index (χ3n) is 3.94. The van der Waals surface area contributed by atoms with Crippen LogP contribution in [0, 0.1) is 5.82 Å². The highest BCUT2D eigenvalue weighted by atomic mass is 19.1. The van der Waals surface area contributed by atoms with Crippen LogP contribution >= 0.6 is 0 Å². The van der Waals surface area contributed by atoms with Gasteiger partial charge in [0.25, 0.3) is 0 Å². The predicted molar refractivity (Wildman–Crippen MR) is 112 cm³/mol. The van der Waals surface area contributed by atoms with Crippen molar-refractivity contribution in [3.05, 3.63) is 42.2 Å². The maximum Gasteiger partial charge on any atom is 0.203 e. The second kappa shape index (κ2) is 11.0. The van der Waals surface area contributed by atoms with Crippen LogP contribution in [0.3, 0.4) is 0 Å². The molecule has 0 bridgehead atoms. The van der Waals surface area contributed by atoms with Gasteiger partial charge in [-0.3, -0.25) is 0 Å². The standard InChI is InChI=1S/C21H28FN3O4/c1-6-23-21(24-13-14(2)29-17-10-8-7-9-16(17)22)25-15-11-18(26-3)20(28-5)19(12-15)27-4/h7-12,14H,6,13H2,1-5H3,(H2,23,24,25). The van der Waals surface area contributed by atoms with E-state index in [0.29, 0.717) is 42.0 Å². The van der Waals surface area contributed by atoms with E-state index in [1.807, 2.05) is 13.8 Å². The Morgan fingerprint density at radius 1 is 1.03 bits per heavy atom. The molecule has 0 aliphatic rings. The van der Waals surface area contributed by atoms with Gasteiger partial charge in [-0.25, -0.2) is 9.38 Å². The maximum atomic E-state index is 13.7. The van der Waals surface area contributed by atoms with Crippen LogP contribution in [-0.2, 0) is 0 Å². The lowest BCUT2D eigenvalue weighted by Gasteiger charge is -2.17. The fourth-order valence-corrected chi connectivity index (χ4v) is 2.61. The number of anilines is 1. The van der Waals surface area contributed by atoms with Crippen LogP contribution in [0.4, 0.5) is 10.1 Å². The molecule has 0 fully saturated rings. The number of guanidine groups is 1. The Morgan fingerprint density at radius 3 is 2.24 bits per heavy atom. The molecule has 0 aromatic heterocycles. The topological polar surface area (TPSA) is 73.3 Å². The van der Waals surface area contributed by atoms with Crippen molar-refractivity contribution in [1.82, 2.24) is 5.32 Å². The van der Waals surface area contributed by atoms with Crippen molar-refractivity contribution in [2.24, 2.45) is 4.99 Å². The highest BCUT2D eigenvalue weighted by Crippen LogP contribution is 2.39. The second-order valence-electron chi connectivity index (χ2n) is 6.12. The SMILES string of the molecule is CCNC(=NCC(C)Oc1ccccc1F)Nc1cc(OC)c(OC)c(OC)c1. The molecule has 2 rings (SSSR count). The zero-order valence-electron chi connectivity index (χ0n) is 17.4. The number of hydrogen-bond acceptors (Lipinski definition) is 5. The first-order valence-corrected chi connectivity index (χ1v) is 9.28. The molecule has 0 saturated carbocycles. The summed E-state index contributed by atoms with van der Waals surface area (Å²) < 4.78 is 35.5. The zero-order chi connectivity index (χ0) is 21.2. The Labute approximate surface area is 170 Å². The van der Waals surface area contributed by atoms with E-state index >= 15 is 0 Å². The van der Waals surface area contributed by atoms with Gasteiger partial charge in [-0.05, 0) is 26.0 Å². The molecule has 158 valence electrons. The van der Waals surface area contributed by atoms with Crippen LogP contribution in [0.15, 0.2) is 41.4 Å². The number of nitrogens with one attached hydrogen (secondary N) is 2. The minimum Gasteiger partial charge on any atom is -0.493 e. The molecule has 8 heteroatoms. The number of rotatable bonds is 9. The zero-order valence-corrected chi connectivity index (χ0v) is 17.4. The Morgan fingerprint density at radius 2 is 1.69 bits per heavy atom. The molecule has 7 nitrogen and oxygen atoms in total. The van der Waals surface area contributed by atoms with E-state index in [0.717, 1.165) is 0 Å². The molecule has 29 heavy (non-hydrogen) atoms. The Kier molecular flexibility index (Phi) is 8.39. The van der Waals surface area contributed by atoms with Gasteiger partial charge in [0.15, 0.2) is 29.0 Å². The molecule has 0 radical (unpaired) electrons. The molecule has 2 aromatic carbocycles. The van der Waals surface area contributed by atoms with Gasteiger partial charge >= 0.3 is 0 Å². The number of halogens is 1. The van der Waals surface area contributed by atoms with Gasteiger partial charge < -0.3 is 29.6 Å². The Bertz CT molecular complexity index is 804. The van der Waals surface area contributed by atoms with Crippen LogP contribution in [0.2, 0.25) is 0 Å². The van der Waals surface area contributed by atoms with E-state index in [2.05, 4.69) is 15.6 Å². The molecular formula is C21H28FN3O4. The molecule has 0 aliphatic heterocycles. The largest absolute Gasteiger partial charge is 0.493 e. The average molecular weight is 405 g/mol. The number of para-hydroxylation sites is 1. The maximum absolute atomic E-state index is 13.7. The first kappa shape index (κ1) is 22.1. The van der Waals surface area contributed by atoms with Gasteiger partial charge in [-0.1, -0.05) is 12.1 Å². The first-order chi connectivity index (χ1) is 14.0. The van der Waals surface area contributed by atoms with Gasteiger partial charge in [0, 0.05) is 24.4 Å². The van der Waals surface area contributed by atoms with E-state index < -0.39 is 5.82 Å². The van der Waals surface area contributed by atoms with Gasteiger partial charge in [0.2, 0.25) is 5.75 Å². The minimum atomic E-state index is -0.397. The highest BCUT2D eigenvalue weighted by molar-refractivity contribution is 5.94. The summed E-state index contributed by atoms with van der Waals surface area (Å²) >= 11 is 0. The number of ether oxygens (including phenoxy) is 4. The van der Waals surface area contributed by atoms with Crippen molar-refractivity contribution in [2.45, 2.75) is 20.0 Å². The summed E-state index contributed by atoms with van der Waals surface area (Å²) in [6.07, 6.45) is -0.317. The third-order valence-corrected chi connectivity index (χ3v) is 3.94. The fourth-order valence-electron chi connectivity index (χ4n) is 2.61. The third kappa shape index (κ3) is 6.17. The molecule has 1 unspecified atom stereocenters. The smallest absolute Gasteiger partial charge is 0.203 e.